The molecule has 6 nitrogen and oxygen atoms in total. The smallest absolute Gasteiger partial charge is 0.276 e. The number of rotatable bonds is 3. The molecular formula is C26H31N3O3. The van der Waals surface area contributed by atoms with Crippen LogP contribution in [-0.2, 0) is 11.3 Å². The fourth-order valence-electron chi connectivity index (χ4n) is 5.32. The zero-order valence-corrected chi connectivity index (χ0v) is 19.1. The van der Waals surface area contributed by atoms with Crippen molar-refractivity contribution in [1.29, 1.82) is 0 Å². The molecule has 3 heterocycles. The number of carbonyl (C=O) groups excluding carboxylic acids is 2. The van der Waals surface area contributed by atoms with Gasteiger partial charge in [0.15, 0.2) is 5.58 Å². The molecule has 6 heteroatoms. The number of aryl methyl sites for hydroxylation is 2. The van der Waals surface area contributed by atoms with Crippen molar-refractivity contribution in [3.05, 3.63) is 53.4 Å². The van der Waals surface area contributed by atoms with E-state index in [4.69, 9.17) is 4.42 Å². The van der Waals surface area contributed by atoms with Crippen molar-refractivity contribution in [2.24, 2.45) is 0 Å². The van der Waals surface area contributed by atoms with Crippen molar-refractivity contribution in [3.63, 3.8) is 0 Å². The number of fused-ring (bicyclic) bond motifs is 3. The number of anilines is 1. The van der Waals surface area contributed by atoms with E-state index in [-0.39, 0.29) is 17.9 Å². The monoisotopic (exact) mass is 433 g/mol. The summed E-state index contributed by atoms with van der Waals surface area (Å²) in [7, 11) is 0. The Labute approximate surface area is 188 Å². The third-order valence-corrected chi connectivity index (χ3v) is 7.19. The Kier molecular flexibility index (Phi) is 5.11. The number of nitrogens with one attached hydrogen (secondary N) is 1. The minimum Gasteiger partial charge on any atom is -0.463 e. The topological polar surface area (TPSA) is 67.5 Å². The average Bonchev–Trinajstić information content (AvgIpc) is 3.25. The van der Waals surface area contributed by atoms with E-state index in [2.05, 4.69) is 5.32 Å². The summed E-state index contributed by atoms with van der Waals surface area (Å²) in [6, 6.07) is 9.87. The lowest BCUT2D eigenvalue weighted by molar-refractivity contribution is -0.127. The average molecular weight is 434 g/mol. The van der Waals surface area contributed by atoms with Gasteiger partial charge in [-0.1, -0.05) is 37.8 Å². The molecule has 0 radical (unpaired) electrons. The molecular weight excluding hydrogens is 402 g/mol. The maximum absolute atomic E-state index is 13.9. The number of aromatic nitrogens is 1. The van der Waals surface area contributed by atoms with Gasteiger partial charge in [0, 0.05) is 23.9 Å². The normalized spacial score (nSPS) is 22.1. The fraction of sp³-hybridized carbons (Fsp3) is 0.462. The van der Waals surface area contributed by atoms with Crippen molar-refractivity contribution < 1.29 is 14.0 Å². The van der Waals surface area contributed by atoms with Crippen LogP contribution in [-0.4, -0.2) is 28.0 Å². The maximum atomic E-state index is 13.9. The van der Waals surface area contributed by atoms with Gasteiger partial charge >= 0.3 is 0 Å². The lowest BCUT2D eigenvalue weighted by atomic mass is 9.91. The van der Waals surface area contributed by atoms with Crippen molar-refractivity contribution in [2.45, 2.75) is 77.4 Å². The maximum Gasteiger partial charge on any atom is 0.276 e. The van der Waals surface area contributed by atoms with Gasteiger partial charge in [0.1, 0.15) is 11.2 Å². The predicted molar refractivity (Wildman–Crippen MR) is 125 cm³/mol. The highest BCUT2D eigenvalue weighted by atomic mass is 16.3. The summed E-state index contributed by atoms with van der Waals surface area (Å²) in [5.74, 6) is -0.260. The quantitative estimate of drug-likeness (QED) is 0.584. The van der Waals surface area contributed by atoms with E-state index in [0.29, 0.717) is 17.8 Å². The van der Waals surface area contributed by atoms with Crippen LogP contribution in [0.3, 0.4) is 0 Å². The van der Waals surface area contributed by atoms with Crippen LogP contribution in [0.25, 0.3) is 11.1 Å². The van der Waals surface area contributed by atoms with Gasteiger partial charge in [0.05, 0.1) is 18.3 Å². The summed E-state index contributed by atoms with van der Waals surface area (Å²) in [4.78, 5) is 29.5. The third-order valence-electron chi connectivity index (χ3n) is 7.19. The molecule has 2 amide bonds. The van der Waals surface area contributed by atoms with E-state index in [1.165, 1.54) is 12.8 Å². The van der Waals surface area contributed by atoms with Crippen molar-refractivity contribution in [3.8, 4) is 0 Å². The number of carbonyl (C=O) groups is 2. The molecule has 3 aromatic rings. The summed E-state index contributed by atoms with van der Waals surface area (Å²) < 4.78 is 7.51. The standard InChI is InChI=1S/C26H31N3O3/c1-17-10-11-18(2)21(14-17)29-24(30)22-15-23-20(12-13-32-23)28(22)16-26(29,3)25(31)27-19-8-6-4-5-7-9-19/h10-15,19H,4-9,16H2,1-3H3,(H,27,31)/t26-/m0/s1. The summed E-state index contributed by atoms with van der Waals surface area (Å²) in [6.45, 7) is 6.28. The minimum atomic E-state index is -1.06. The molecule has 0 spiro atoms. The Hall–Kier alpha value is -3.02. The molecule has 2 aromatic heterocycles. The highest BCUT2D eigenvalue weighted by Crippen LogP contribution is 2.38. The van der Waals surface area contributed by atoms with Gasteiger partial charge in [0.2, 0.25) is 5.91 Å². The van der Waals surface area contributed by atoms with Crippen LogP contribution in [0, 0.1) is 13.8 Å². The van der Waals surface area contributed by atoms with E-state index in [9.17, 15) is 9.59 Å². The second kappa shape index (κ2) is 7.84. The molecule has 0 saturated heterocycles. The molecule has 1 aromatic carbocycles. The van der Waals surface area contributed by atoms with Crippen LogP contribution in [0.15, 0.2) is 41.0 Å². The van der Waals surface area contributed by atoms with Crippen LogP contribution in [0.5, 0.6) is 0 Å². The molecule has 32 heavy (non-hydrogen) atoms. The van der Waals surface area contributed by atoms with Crippen LogP contribution < -0.4 is 10.2 Å². The van der Waals surface area contributed by atoms with Gasteiger partial charge < -0.3 is 14.3 Å². The summed E-state index contributed by atoms with van der Waals surface area (Å²) in [5, 5.41) is 3.32. The van der Waals surface area contributed by atoms with Gasteiger partial charge in [-0.2, -0.15) is 0 Å². The molecule has 168 valence electrons. The van der Waals surface area contributed by atoms with Gasteiger partial charge in [-0.3, -0.25) is 14.5 Å². The molecule has 2 aliphatic rings. The van der Waals surface area contributed by atoms with Gasteiger partial charge in [0.25, 0.3) is 5.91 Å². The lowest BCUT2D eigenvalue weighted by Crippen LogP contribution is -2.65. The molecule has 1 N–H and O–H groups in total. The van der Waals surface area contributed by atoms with Crippen molar-refractivity contribution in [2.75, 3.05) is 4.90 Å². The van der Waals surface area contributed by atoms with E-state index in [0.717, 1.165) is 48.0 Å². The van der Waals surface area contributed by atoms with E-state index in [1.54, 1.807) is 17.2 Å². The van der Waals surface area contributed by atoms with E-state index in [1.807, 2.05) is 49.6 Å². The second-order valence-electron chi connectivity index (χ2n) is 9.65. The number of hydrogen-bond donors (Lipinski definition) is 1. The molecule has 1 fully saturated rings. The largest absolute Gasteiger partial charge is 0.463 e. The Balaban J connectivity index is 1.61. The highest BCUT2D eigenvalue weighted by molar-refractivity contribution is 6.14. The summed E-state index contributed by atoms with van der Waals surface area (Å²) >= 11 is 0. The molecule has 1 saturated carbocycles. The fourth-order valence-corrected chi connectivity index (χ4v) is 5.32. The number of furan rings is 1. The zero-order chi connectivity index (χ0) is 22.5. The molecule has 1 aliphatic carbocycles. The molecule has 0 bridgehead atoms. The molecule has 5 rings (SSSR count). The zero-order valence-electron chi connectivity index (χ0n) is 19.1. The molecule has 1 atom stereocenters. The van der Waals surface area contributed by atoms with Crippen molar-refractivity contribution >= 4 is 28.6 Å². The number of benzene rings is 1. The van der Waals surface area contributed by atoms with Crippen LogP contribution in [0.1, 0.15) is 67.1 Å². The molecule has 0 unspecified atom stereocenters. The van der Waals surface area contributed by atoms with Gasteiger partial charge in [-0.15, -0.1) is 0 Å². The molecule has 1 aliphatic heterocycles. The Morgan fingerprint density at radius 2 is 1.84 bits per heavy atom. The summed E-state index contributed by atoms with van der Waals surface area (Å²) in [6.07, 6.45) is 8.35. The van der Waals surface area contributed by atoms with Gasteiger partial charge in [-0.25, -0.2) is 0 Å². The predicted octanol–water partition coefficient (Wildman–Crippen LogP) is 5.11. The first kappa shape index (κ1) is 20.9. The minimum absolute atomic E-state index is 0.0883. The van der Waals surface area contributed by atoms with Crippen LogP contribution >= 0.6 is 0 Å². The van der Waals surface area contributed by atoms with Crippen LogP contribution in [0.4, 0.5) is 5.69 Å². The first-order chi connectivity index (χ1) is 15.4. The third kappa shape index (κ3) is 3.33. The number of amides is 2. The Bertz CT molecular complexity index is 1180. The first-order valence-corrected chi connectivity index (χ1v) is 11.7. The van der Waals surface area contributed by atoms with E-state index < -0.39 is 5.54 Å². The number of nitrogens with zero attached hydrogens (tertiary/aromatic N) is 2. The highest BCUT2D eigenvalue weighted by Gasteiger charge is 2.49. The first-order valence-electron chi connectivity index (χ1n) is 11.7. The van der Waals surface area contributed by atoms with Gasteiger partial charge in [-0.05, 0) is 50.8 Å². The second-order valence-corrected chi connectivity index (χ2v) is 9.65. The summed E-state index contributed by atoms with van der Waals surface area (Å²) in [5.41, 5.74) is 3.83. The van der Waals surface area contributed by atoms with E-state index >= 15 is 0 Å². The van der Waals surface area contributed by atoms with Crippen LogP contribution in [0.2, 0.25) is 0 Å². The lowest BCUT2D eigenvalue weighted by Gasteiger charge is -2.45. The van der Waals surface area contributed by atoms with Crippen molar-refractivity contribution in [1.82, 2.24) is 9.88 Å². The Morgan fingerprint density at radius 1 is 1.09 bits per heavy atom. The Morgan fingerprint density at radius 3 is 2.59 bits per heavy atom. The number of hydrogen-bond acceptors (Lipinski definition) is 3. The SMILES string of the molecule is Cc1ccc(C)c(N2C(=O)c3cc4occc4n3C[C@@]2(C)C(=O)NC2CCCCCC2)c1.